The van der Waals surface area contributed by atoms with E-state index in [2.05, 4.69) is 75.1 Å². The van der Waals surface area contributed by atoms with Crippen LogP contribution in [-0.4, -0.2) is 74.0 Å². The van der Waals surface area contributed by atoms with Gasteiger partial charge in [0.1, 0.15) is 16.1 Å². The highest BCUT2D eigenvalue weighted by Gasteiger charge is 2.66. The van der Waals surface area contributed by atoms with Crippen molar-refractivity contribution in [3.63, 3.8) is 0 Å². The van der Waals surface area contributed by atoms with Gasteiger partial charge < -0.3 is 35.6 Å². The molecule has 7 spiro atoms. The van der Waals surface area contributed by atoms with Crippen LogP contribution in [0.2, 0.25) is 0 Å². The molecule has 16 atom stereocenters. The molecule has 0 aromatic heterocycles. The third-order valence-electron chi connectivity index (χ3n) is 26.1. The fraction of sp³-hybridized carbons (Fsp3) is 0.746. The number of nitrogens with zero attached hydrogens (tertiary/aromatic N) is 2. The van der Waals surface area contributed by atoms with Gasteiger partial charge in [0.25, 0.3) is 0 Å². The van der Waals surface area contributed by atoms with Crippen molar-refractivity contribution in [2.24, 2.45) is 67.4 Å². The second-order valence-corrected chi connectivity index (χ2v) is 31.9. The van der Waals surface area contributed by atoms with Gasteiger partial charge in [0.15, 0.2) is 17.5 Å². The van der Waals surface area contributed by atoms with Crippen molar-refractivity contribution in [2.45, 2.75) is 234 Å². The Bertz CT molecular complexity index is 2890. The highest BCUT2D eigenvalue weighted by atomic mass is 33.1. The number of aryl methyl sites for hydroxylation is 1. The predicted octanol–water partition coefficient (Wildman–Crippen LogP) is 13.0. The summed E-state index contributed by atoms with van der Waals surface area (Å²) >= 11 is 0. The third kappa shape index (κ3) is 7.97. The molecule has 12 heteroatoms. The molecule has 5 N–H and O–H groups in total. The number of aromatic hydroxyl groups is 1. The van der Waals surface area contributed by atoms with Gasteiger partial charge in [-0.15, -0.1) is 5.92 Å². The van der Waals surface area contributed by atoms with E-state index in [9.17, 15) is 15.0 Å². The molecule has 1 saturated heterocycles. The molecule has 0 radical (unpaired) electrons. The summed E-state index contributed by atoms with van der Waals surface area (Å²) in [4.78, 5) is 36.0. The number of rotatable bonds is 2. The first-order valence-corrected chi connectivity index (χ1v) is 34.2. The molecule has 0 unspecified atom stereocenters. The maximum atomic E-state index is 15.3. The number of benzene rings is 2. The Hall–Kier alpha value is -3.53. The fourth-order valence-electron chi connectivity index (χ4n) is 22.6. The van der Waals surface area contributed by atoms with E-state index in [1.807, 2.05) is 4.90 Å². The Morgan fingerprint density at radius 1 is 0.886 bits per heavy atom. The normalized spacial score (nSPS) is 45.7. The lowest BCUT2D eigenvalue weighted by atomic mass is 9.44. The van der Waals surface area contributed by atoms with Crippen LogP contribution in [-0.2, 0) is 27.3 Å². The number of carbonyl (C=O) groups is 2. The molecule has 7 heterocycles. The number of amides is 1. The monoisotopic (exact) mass is 1110 g/mol. The molecule has 15 bridgehead atoms. The molecule has 10 nitrogen and oxygen atoms in total. The number of guanidine groups is 1. The van der Waals surface area contributed by atoms with E-state index in [-0.39, 0.29) is 63.2 Å². The fourth-order valence-corrected chi connectivity index (χ4v) is 26.6. The maximum Gasteiger partial charge on any atom is 0.303 e. The number of carbonyl (C=O) groups excluding carboxylic acids is 2. The number of hydrogen-bond donors (Lipinski definition) is 4. The summed E-state index contributed by atoms with van der Waals surface area (Å²) in [6.07, 6.45) is 29.2. The molecular formula is C67H88N4O6S2. The topological polar surface area (TPSA) is 147 Å². The number of phenolic OH excluding ortho intramolecular Hbond substituents is 1. The highest BCUT2D eigenvalue weighted by Crippen LogP contribution is 2.72. The van der Waals surface area contributed by atoms with E-state index in [1.54, 1.807) is 6.92 Å². The van der Waals surface area contributed by atoms with E-state index >= 15 is 4.79 Å². The summed E-state index contributed by atoms with van der Waals surface area (Å²) in [6.45, 7) is 2.76. The first-order valence-electron chi connectivity index (χ1n) is 31.9. The number of hydrogen-bond acceptors (Lipinski definition) is 11. The summed E-state index contributed by atoms with van der Waals surface area (Å²) in [7, 11) is 4.26. The Morgan fingerprint density at radius 3 is 2.59 bits per heavy atom. The highest BCUT2D eigenvalue weighted by molar-refractivity contribution is 8.77. The van der Waals surface area contributed by atoms with Gasteiger partial charge in [0.05, 0.1) is 18.1 Å². The maximum absolute atomic E-state index is 15.3. The number of aliphatic hydroxyl groups excluding tert-OH is 1. The van der Waals surface area contributed by atoms with Gasteiger partial charge in [0, 0.05) is 67.0 Å². The Labute approximate surface area is 478 Å². The van der Waals surface area contributed by atoms with Gasteiger partial charge in [-0.2, -0.15) is 0 Å². The minimum atomic E-state index is -0.799. The Kier molecular flexibility index (Phi) is 12.6. The number of aliphatic imine (C=N–C) groups is 1. The minimum absolute atomic E-state index is 0.0813. The Morgan fingerprint density at radius 2 is 1.73 bits per heavy atom. The zero-order valence-electron chi connectivity index (χ0n) is 47.2. The largest absolute Gasteiger partial charge is 0.504 e. The lowest BCUT2D eigenvalue weighted by Gasteiger charge is -2.62. The zero-order valence-corrected chi connectivity index (χ0v) is 48.9. The summed E-state index contributed by atoms with van der Waals surface area (Å²) in [6, 6.07) is 13.1. The number of ether oxygens (including phenoxy) is 2. The summed E-state index contributed by atoms with van der Waals surface area (Å²) in [5.41, 5.74) is 9.95. The van der Waals surface area contributed by atoms with E-state index in [0.29, 0.717) is 73.7 Å². The van der Waals surface area contributed by atoms with Gasteiger partial charge in [-0.25, -0.2) is 0 Å². The molecule has 16 aliphatic rings. The van der Waals surface area contributed by atoms with Crippen LogP contribution in [0, 0.1) is 68.5 Å². The minimum Gasteiger partial charge on any atom is -0.504 e. The molecular weight excluding hydrogens is 1020 g/mol. The molecule has 7 aliphatic heterocycles. The van der Waals surface area contributed by atoms with Crippen molar-refractivity contribution < 1.29 is 29.3 Å². The first kappa shape index (κ1) is 52.3. The lowest BCUT2D eigenvalue weighted by Crippen LogP contribution is -2.57. The molecule has 424 valence electrons. The lowest BCUT2D eigenvalue weighted by molar-refractivity contribution is -0.182. The van der Waals surface area contributed by atoms with Crippen molar-refractivity contribution in [2.75, 3.05) is 18.8 Å². The average Bonchev–Trinajstić information content (AvgIpc) is 3.59. The van der Waals surface area contributed by atoms with Gasteiger partial charge >= 0.3 is 5.97 Å². The van der Waals surface area contributed by atoms with Crippen LogP contribution in [0.25, 0.3) is 0 Å². The van der Waals surface area contributed by atoms with Gasteiger partial charge in [-0.3, -0.25) is 14.6 Å². The number of phenols is 1. The van der Waals surface area contributed by atoms with Crippen molar-refractivity contribution in [3.05, 3.63) is 58.7 Å². The molecule has 10 fully saturated rings. The van der Waals surface area contributed by atoms with Crippen LogP contribution >= 0.6 is 21.6 Å². The van der Waals surface area contributed by atoms with Crippen molar-refractivity contribution in [1.29, 1.82) is 0 Å². The van der Waals surface area contributed by atoms with Gasteiger partial charge in [0.2, 0.25) is 5.91 Å². The number of nitrogens with two attached hydrogens (primary N) is 1. The van der Waals surface area contributed by atoms with E-state index in [0.717, 1.165) is 112 Å². The molecule has 79 heavy (non-hydrogen) atoms. The summed E-state index contributed by atoms with van der Waals surface area (Å²) in [5.74, 6) is 13.2. The third-order valence-corrected chi connectivity index (χ3v) is 29.4. The van der Waals surface area contributed by atoms with Crippen LogP contribution in [0.15, 0.2) is 41.4 Å². The van der Waals surface area contributed by atoms with Gasteiger partial charge in [-0.1, -0.05) is 64.3 Å². The van der Waals surface area contributed by atoms with Crippen LogP contribution in [0.1, 0.15) is 221 Å². The summed E-state index contributed by atoms with van der Waals surface area (Å²) < 4.78 is 14.0. The van der Waals surface area contributed by atoms with E-state index < -0.39 is 22.5 Å². The zero-order chi connectivity index (χ0) is 53.6. The first-order chi connectivity index (χ1) is 38.2. The van der Waals surface area contributed by atoms with Crippen LogP contribution < -0.4 is 15.8 Å². The molecule has 2 aromatic rings. The quantitative estimate of drug-likeness (QED) is 0.130. The van der Waals surface area contributed by atoms with Crippen molar-refractivity contribution in [3.8, 4) is 23.3 Å². The van der Waals surface area contributed by atoms with E-state index in [4.69, 9.17) is 20.2 Å². The van der Waals surface area contributed by atoms with Crippen LogP contribution in [0.4, 0.5) is 0 Å². The predicted molar refractivity (Wildman–Crippen MR) is 312 cm³/mol. The van der Waals surface area contributed by atoms with Gasteiger partial charge in [-0.05, 0) is 230 Å². The molecule has 9 aliphatic carbocycles. The molecule has 9 saturated carbocycles. The molecule has 1 amide bonds. The number of aliphatic hydroxyl groups is 1. The number of nitrogens with one attached hydrogen (secondary N) is 1. The average molecular weight is 1110 g/mol. The van der Waals surface area contributed by atoms with Crippen molar-refractivity contribution >= 4 is 39.4 Å². The number of fused-ring (bicyclic) bond motifs is 3. The second kappa shape index (κ2) is 19.0. The Balaban J connectivity index is 0.863. The number of esters is 1. The molecule has 2 aromatic carbocycles. The summed E-state index contributed by atoms with van der Waals surface area (Å²) in [5, 5.41) is 29.9. The van der Waals surface area contributed by atoms with E-state index in [1.165, 1.54) is 82.6 Å². The molecule has 18 rings (SSSR count). The van der Waals surface area contributed by atoms with Crippen LogP contribution in [0.5, 0.6) is 11.5 Å². The smallest absolute Gasteiger partial charge is 0.303 e. The van der Waals surface area contributed by atoms with Crippen LogP contribution in [0.3, 0.4) is 0 Å². The van der Waals surface area contributed by atoms with Crippen molar-refractivity contribution in [1.82, 2.24) is 10.2 Å². The SMILES string of the molecule is CC(=O)O[C@@]12CCc3cc(c(O)c4c3[C@@H]3CC[C@]5(CCC[C@H]5C3)O4)CN3C[C@]4(CC3=O)[C@H](c3ccccc3)CC[C@]43C#CC[C@H]4CC[C@@]5(CCC[C@]5(NC(N)=NC3)SSC[C@@H]3CC[C@]5(CC[C@H]6CCC[C@]63C5)[C@H](CC1)[C@H](O)C2)C4. The second-order valence-electron chi connectivity index (χ2n) is 29.3. The standard InChI is InChI=1S/C67H88N4O6S2/c1-43(72)76-63-30-15-46-33-48(57(75)58-56(46)47-16-32-66(77-58)24-7-13-50(66)34-47)38-71-42-65(37-55(71)74)52(45-10-3-2-4-11-45)19-29-62(65)21-5-9-44-14-28-61(35-44)22-8-25-67(61,70-59(68)69-41-62)79-78-39-51-18-27-60(53(20-31-63)54(73)36-63)26-17-49-12-6-23-64(49,51)40-60/h2-4,10-11,33,44,47,49-54,73,75H,6-9,12-20,22-32,34-42H2,1H3,(H3,68,69,70)/t44-,47+,49+,50-,51-,52-,53+,54+,60-,61-,62-,63-,64-,65+,66-,67-/m0/s1.